The number of amides is 2. The van der Waals surface area contributed by atoms with Gasteiger partial charge in [0, 0.05) is 19.0 Å². The maximum absolute atomic E-state index is 11.9. The molecule has 9 heteroatoms. The molecule has 28 heavy (non-hydrogen) atoms. The summed E-state index contributed by atoms with van der Waals surface area (Å²) in [5.74, 6) is -0.0277. The molecule has 0 aromatic heterocycles. The first-order valence-electron chi connectivity index (χ1n) is 8.79. The first-order valence-corrected chi connectivity index (χ1v) is 8.79. The fourth-order valence-electron chi connectivity index (χ4n) is 2.04. The Kier molecular flexibility index (Phi) is 9.07. The van der Waals surface area contributed by atoms with Crippen LogP contribution in [0, 0.1) is 0 Å². The van der Waals surface area contributed by atoms with Crippen LogP contribution in [0.1, 0.15) is 33.6 Å². The molecule has 1 rings (SSSR count). The highest BCUT2D eigenvalue weighted by molar-refractivity contribution is 5.94. The number of methoxy groups -OCH3 is 2. The quantitative estimate of drug-likeness (QED) is 0.487. The summed E-state index contributed by atoms with van der Waals surface area (Å²) in [4.78, 5) is 35.1. The fraction of sp³-hybridized carbons (Fsp3) is 0.526. The Morgan fingerprint density at radius 2 is 1.79 bits per heavy atom. The SMILES string of the molecule is COc1ccc(NC(=O)COC(=O)CCCNC(=O)OC(C)(C)C)c(OC)c1. The minimum absolute atomic E-state index is 0.0644. The van der Waals surface area contributed by atoms with Crippen LogP contribution in [-0.4, -0.2) is 50.9 Å². The molecule has 2 N–H and O–H groups in total. The van der Waals surface area contributed by atoms with E-state index in [0.29, 0.717) is 23.6 Å². The second kappa shape index (κ2) is 11.0. The van der Waals surface area contributed by atoms with Crippen LogP contribution in [-0.2, 0) is 19.1 Å². The van der Waals surface area contributed by atoms with Gasteiger partial charge in [-0.25, -0.2) is 4.79 Å². The highest BCUT2D eigenvalue weighted by Crippen LogP contribution is 2.28. The molecular weight excluding hydrogens is 368 g/mol. The van der Waals surface area contributed by atoms with Crippen molar-refractivity contribution in [3.8, 4) is 11.5 Å². The first-order chi connectivity index (χ1) is 13.1. The van der Waals surface area contributed by atoms with Gasteiger partial charge in [-0.2, -0.15) is 0 Å². The summed E-state index contributed by atoms with van der Waals surface area (Å²) in [6, 6.07) is 4.92. The monoisotopic (exact) mass is 396 g/mol. The molecule has 1 aromatic carbocycles. The molecule has 0 fully saturated rings. The molecule has 0 aliphatic heterocycles. The molecule has 0 bridgehead atoms. The number of hydrogen-bond donors (Lipinski definition) is 2. The lowest BCUT2D eigenvalue weighted by molar-refractivity contribution is -0.147. The highest BCUT2D eigenvalue weighted by atomic mass is 16.6. The van der Waals surface area contributed by atoms with Crippen molar-refractivity contribution in [1.82, 2.24) is 5.32 Å². The van der Waals surface area contributed by atoms with Gasteiger partial charge < -0.3 is 29.6 Å². The van der Waals surface area contributed by atoms with E-state index < -0.39 is 30.2 Å². The van der Waals surface area contributed by atoms with Gasteiger partial charge in [-0.3, -0.25) is 9.59 Å². The Morgan fingerprint density at radius 1 is 1.07 bits per heavy atom. The van der Waals surface area contributed by atoms with Crippen molar-refractivity contribution in [3.05, 3.63) is 18.2 Å². The summed E-state index contributed by atoms with van der Waals surface area (Å²) in [6.07, 6.45) is -0.116. The van der Waals surface area contributed by atoms with Crippen molar-refractivity contribution in [2.75, 3.05) is 32.7 Å². The Balaban J connectivity index is 2.30. The number of benzene rings is 1. The number of carbonyl (C=O) groups is 3. The maximum Gasteiger partial charge on any atom is 0.407 e. The van der Waals surface area contributed by atoms with Gasteiger partial charge in [-0.05, 0) is 39.3 Å². The second-order valence-corrected chi connectivity index (χ2v) is 6.81. The smallest absolute Gasteiger partial charge is 0.407 e. The second-order valence-electron chi connectivity index (χ2n) is 6.81. The predicted octanol–water partition coefficient (Wildman–Crippen LogP) is 2.49. The van der Waals surface area contributed by atoms with Gasteiger partial charge in [0.25, 0.3) is 5.91 Å². The standard InChI is InChI=1S/C19H28N2O7/c1-19(2,3)28-18(24)20-10-6-7-17(23)27-12-16(22)21-14-9-8-13(25-4)11-15(14)26-5/h8-9,11H,6-7,10,12H2,1-5H3,(H,20,24)(H,21,22). The third-order valence-corrected chi connectivity index (χ3v) is 3.27. The van der Waals surface area contributed by atoms with E-state index in [4.69, 9.17) is 18.9 Å². The molecule has 156 valence electrons. The van der Waals surface area contributed by atoms with Crippen molar-refractivity contribution in [1.29, 1.82) is 0 Å². The summed E-state index contributed by atoms with van der Waals surface area (Å²) < 4.78 is 20.3. The molecule has 0 spiro atoms. The van der Waals surface area contributed by atoms with Gasteiger partial charge in [0.2, 0.25) is 0 Å². The van der Waals surface area contributed by atoms with Crippen molar-refractivity contribution < 1.29 is 33.3 Å². The van der Waals surface area contributed by atoms with Crippen molar-refractivity contribution in [2.45, 2.75) is 39.2 Å². The van der Waals surface area contributed by atoms with E-state index in [9.17, 15) is 14.4 Å². The molecule has 0 saturated carbocycles. The Bertz CT molecular complexity index is 683. The zero-order valence-corrected chi connectivity index (χ0v) is 16.9. The third-order valence-electron chi connectivity index (χ3n) is 3.27. The van der Waals surface area contributed by atoms with Gasteiger partial charge in [0.1, 0.15) is 17.1 Å². The number of ether oxygens (including phenoxy) is 4. The Morgan fingerprint density at radius 3 is 2.39 bits per heavy atom. The molecule has 0 radical (unpaired) electrons. The van der Waals surface area contributed by atoms with Gasteiger partial charge in [-0.1, -0.05) is 0 Å². The Labute approximate surface area is 164 Å². The van der Waals surface area contributed by atoms with Gasteiger partial charge in [0.05, 0.1) is 19.9 Å². The summed E-state index contributed by atoms with van der Waals surface area (Å²) in [7, 11) is 2.99. The predicted molar refractivity (Wildman–Crippen MR) is 103 cm³/mol. The van der Waals surface area contributed by atoms with Gasteiger partial charge >= 0.3 is 12.1 Å². The van der Waals surface area contributed by atoms with Crippen LogP contribution in [0.5, 0.6) is 11.5 Å². The molecule has 1 aromatic rings. The van der Waals surface area contributed by atoms with E-state index in [1.807, 2.05) is 0 Å². The average molecular weight is 396 g/mol. The van der Waals surface area contributed by atoms with Crippen LogP contribution >= 0.6 is 0 Å². The minimum Gasteiger partial charge on any atom is -0.497 e. The molecule has 9 nitrogen and oxygen atoms in total. The van der Waals surface area contributed by atoms with Crippen molar-refractivity contribution in [2.24, 2.45) is 0 Å². The lowest BCUT2D eigenvalue weighted by atomic mass is 10.2. The van der Waals surface area contributed by atoms with E-state index in [0.717, 1.165) is 0 Å². The number of alkyl carbamates (subject to hydrolysis) is 1. The fourth-order valence-corrected chi connectivity index (χ4v) is 2.04. The molecule has 0 aliphatic rings. The van der Waals surface area contributed by atoms with Crippen LogP contribution in [0.15, 0.2) is 18.2 Å². The third kappa shape index (κ3) is 9.11. The summed E-state index contributed by atoms with van der Waals surface area (Å²) in [5.41, 5.74) is -0.144. The summed E-state index contributed by atoms with van der Waals surface area (Å²) in [5, 5.41) is 5.14. The van der Waals surface area contributed by atoms with Crippen molar-refractivity contribution in [3.63, 3.8) is 0 Å². The van der Waals surface area contributed by atoms with Crippen LogP contribution in [0.2, 0.25) is 0 Å². The lowest BCUT2D eigenvalue weighted by Gasteiger charge is -2.19. The average Bonchev–Trinajstić information content (AvgIpc) is 2.62. The number of esters is 1. The number of carbonyl (C=O) groups excluding carboxylic acids is 3. The van der Waals surface area contributed by atoms with Crippen LogP contribution in [0.25, 0.3) is 0 Å². The normalized spacial score (nSPS) is 10.6. The van der Waals surface area contributed by atoms with E-state index in [1.54, 1.807) is 39.0 Å². The number of anilines is 1. The summed E-state index contributed by atoms with van der Waals surface area (Å²) in [6.45, 7) is 5.12. The Hall–Kier alpha value is -2.97. The number of rotatable bonds is 9. The first kappa shape index (κ1) is 23.1. The molecule has 0 aliphatic carbocycles. The van der Waals surface area contributed by atoms with Crippen LogP contribution in [0.3, 0.4) is 0 Å². The topological polar surface area (TPSA) is 112 Å². The van der Waals surface area contributed by atoms with E-state index in [-0.39, 0.29) is 13.0 Å². The summed E-state index contributed by atoms with van der Waals surface area (Å²) >= 11 is 0. The van der Waals surface area contributed by atoms with Crippen LogP contribution in [0.4, 0.5) is 10.5 Å². The molecule has 2 amide bonds. The van der Waals surface area contributed by atoms with Crippen LogP contribution < -0.4 is 20.1 Å². The maximum atomic E-state index is 11.9. The number of nitrogens with one attached hydrogen (secondary N) is 2. The van der Waals surface area contributed by atoms with E-state index >= 15 is 0 Å². The highest BCUT2D eigenvalue weighted by Gasteiger charge is 2.16. The van der Waals surface area contributed by atoms with Gasteiger partial charge in [0.15, 0.2) is 6.61 Å². The molecule has 0 saturated heterocycles. The lowest BCUT2D eigenvalue weighted by Crippen LogP contribution is -2.33. The molecular formula is C19H28N2O7. The molecule has 0 unspecified atom stereocenters. The number of hydrogen-bond acceptors (Lipinski definition) is 7. The minimum atomic E-state index is -0.580. The van der Waals surface area contributed by atoms with E-state index in [2.05, 4.69) is 10.6 Å². The van der Waals surface area contributed by atoms with Crippen molar-refractivity contribution >= 4 is 23.7 Å². The van der Waals surface area contributed by atoms with E-state index in [1.165, 1.54) is 14.2 Å². The zero-order valence-electron chi connectivity index (χ0n) is 16.9. The largest absolute Gasteiger partial charge is 0.497 e. The zero-order chi connectivity index (χ0) is 21.2. The van der Waals surface area contributed by atoms with Gasteiger partial charge in [-0.15, -0.1) is 0 Å². The molecule has 0 heterocycles. The molecule has 0 atom stereocenters.